The number of thioether (sulfide) groups is 1. The lowest BCUT2D eigenvalue weighted by atomic mass is 10.2. The van der Waals surface area contributed by atoms with Gasteiger partial charge in [0.15, 0.2) is 0 Å². The highest BCUT2D eigenvalue weighted by atomic mass is 32.2. The SMILES string of the molecule is C[C@H]1CC[C@@H](CO)S1.Cc1c[nH]c(=O)[nH]c1=O. The van der Waals surface area contributed by atoms with Crippen molar-refractivity contribution in [3.63, 3.8) is 0 Å². The van der Waals surface area contributed by atoms with E-state index in [4.69, 9.17) is 5.11 Å². The second-order valence-corrected chi connectivity index (χ2v) is 5.83. The molecule has 2 heterocycles. The minimum Gasteiger partial charge on any atom is -0.395 e. The van der Waals surface area contributed by atoms with Crippen LogP contribution in [0.5, 0.6) is 0 Å². The van der Waals surface area contributed by atoms with E-state index in [-0.39, 0.29) is 5.56 Å². The molecule has 0 radical (unpaired) electrons. The van der Waals surface area contributed by atoms with E-state index in [9.17, 15) is 9.59 Å². The van der Waals surface area contributed by atoms with Crippen LogP contribution in [-0.2, 0) is 0 Å². The van der Waals surface area contributed by atoms with Gasteiger partial charge in [-0.1, -0.05) is 6.92 Å². The molecular formula is C11H18N2O3S. The number of aromatic nitrogens is 2. The topological polar surface area (TPSA) is 85.9 Å². The largest absolute Gasteiger partial charge is 0.395 e. The zero-order valence-corrected chi connectivity index (χ0v) is 10.8. The van der Waals surface area contributed by atoms with Gasteiger partial charge >= 0.3 is 5.69 Å². The summed E-state index contributed by atoms with van der Waals surface area (Å²) in [6, 6.07) is 0. The van der Waals surface area contributed by atoms with Gasteiger partial charge in [0, 0.05) is 22.3 Å². The maximum atomic E-state index is 10.6. The van der Waals surface area contributed by atoms with E-state index in [0.717, 1.165) is 5.25 Å². The Balaban J connectivity index is 0.000000171. The Labute approximate surface area is 104 Å². The van der Waals surface area contributed by atoms with Gasteiger partial charge < -0.3 is 10.1 Å². The third kappa shape index (κ3) is 4.79. The van der Waals surface area contributed by atoms with Crippen LogP contribution in [0.1, 0.15) is 25.3 Å². The van der Waals surface area contributed by atoms with Crippen LogP contribution in [0.15, 0.2) is 15.8 Å². The van der Waals surface area contributed by atoms with Gasteiger partial charge in [-0.15, -0.1) is 0 Å². The van der Waals surface area contributed by atoms with E-state index in [1.54, 1.807) is 6.92 Å². The summed E-state index contributed by atoms with van der Waals surface area (Å²) in [6.07, 6.45) is 3.87. The van der Waals surface area contributed by atoms with Crippen LogP contribution in [0.3, 0.4) is 0 Å². The van der Waals surface area contributed by atoms with Crippen LogP contribution in [0, 0.1) is 6.92 Å². The van der Waals surface area contributed by atoms with Crippen molar-refractivity contribution in [3.05, 3.63) is 32.6 Å². The first-order valence-corrected chi connectivity index (χ1v) is 6.52. The fourth-order valence-corrected chi connectivity index (χ4v) is 2.78. The van der Waals surface area contributed by atoms with Gasteiger partial charge in [0.1, 0.15) is 0 Å². The van der Waals surface area contributed by atoms with Crippen molar-refractivity contribution in [1.82, 2.24) is 9.97 Å². The maximum Gasteiger partial charge on any atom is 0.325 e. The monoisotopic (exact) mass is 258 g/mol. The lowest BCUT2D eigenvalue weighted by Crippen LogP contribution is -2.22. The molecule has 0 spiro atoms. The summed E-state index contributed by atoms with van der Waals surface area (Å²) in [5, 5.41) is 9.99. The van der Waals surface area contributed by atoms with E-state index >= 15 is 0 Å². The molecular weight excluding hydrogens is 240 g/mol. The number of rotatable bonds is 1. The molecule has 0 amide bonds. The highest BCUT2D eigenvalue weighted by molar-refractivity contribution is 8.00. The Hall–Kier alpha value is -1.01. The van der Waals surface area contributed by atoms with Crippen LogP contribution in [-0.4, -0.2) is 32.2 Å². The predicted molar refractivity (Wildman–Crippen MR) is 69.6 cm³/mol. The van der Waals surface area contributed by atoms with E-state index in [2.05, 4.69) is 16.9 Å². The lowest BCUT2D eigenvalue weighted by molar-refractivity contribution is 0.292. The van der Waals surface area contributed by atoms with Gasteiger partial charge in [0.05, 0.1) is 6.61 Å². The average molecular weight is 258 g/mol. The van der Waals surface area contributed by atoms with E-state index in [1.165, 1.54) is 19.0 Å². The quantitative estimate of drug-likeness (QED) is 0.690. The Bertz CT molecular complexity index is 455. The molecule has 1 aliphatic heterocycles. The molecule has 0 aliphatic carbocycles. The summed E-state index contributed by atoms with van der Waals surface area (Å²) >= 11 is 1.92. The first kappa shape index (κ1) is 14.1. The van der Waals surface area contributed by atoms with Crippen molar-refractivity contribution in [2.75, 3.05) is 6.61 Å². The number of aromatic amines is 2. The minimum absolute atomic E-state index is 0.334. The molecule has 3 N–H and O–H groups in total. The van der Waals surface area contributed by atoms with Crippen LogP contribution < -0.4 is 11.2 Å². The molecule has 1 saturated heterocycles. The summed E-state index contributed by atoms with van der Waals surface area (Å²) in [4.78, 5) is 25.3. The zero-order valence-electron chi connectivity index (χ0n) is 10.0. The summed E-state index contributed by atoms with van der Waals surface area (Å²) in [7, 11) is 0. The summed E-state index contributed by atoms with van der Waals surface area (Å²) in [5.74, 6) is 0. The Morgan fingerprint density at radius 1 is 1.47 bits per heavy atom. The highest BCUT2D eigenvalue weighted by Crippen LogP contribution is 2.32. The summed E-state index contributed by atoms with van der Waals surface area (Å²) in [5.41, 5.74) is -0.293. The highest BCUT2D eigenvalue weighted by Gasteiger charge is 2.20. The summed E-state index contributed by atoms with van der Waals surface area (Å²) in [6.45, 7) is 4.21. The van der Waals surface area contributed by atoms with Crippen molar-refractivity contribution in [3.8, 4) is 0 Å². The van der Waals surface area contributed by atoms with Gasteiger partial charge in [-0.2, -0.15) is 11.8 Å². The molecule has 0 bridgehead atoms. The maximum absolute atomic E-state index is 10.6. The molecule has 1 aromatic heterocycles. The van der Waals surface area contributed by atoms with Gasteiger partial charge in [-0.25, -0.2) is 4.79 Å². The van der Waals surface area contributed by atoms with E-state index in [1.807, 2.05) is 11.8 Å². The van der Waals surface area contributed by atoms with Gasteiger partial charge in [-0.3, -0.25) is 9.78 Å². The van der Waals surface area contributed by atoms with Gasteiger partial charge in [-0.05, 0) is 19.8 Å². The zero-order chi connectivity index (χ0) is 12.8. The third-order valence-electron chi connectivity index (χ3n) is 2.53. The van der Waals surface area contributed by atoms with Crippen molar-refractivity contribution >= 4 is 11.8 Å². The summed E-state index contributed by atoms with van der Waals surface area (Å²) < 4.78 is 0. The standard InChI is InChI=1S/C6H12OS.C5H6N2O2/c1-5-2-3-6(4-7)8-5;1-3-2-6-5(9)7-4(3)8/h5-7H,2-4H2,1H3;2H,1H3,(H2,6,7,8,9)/t5-,6-;/m0./s1. The molecule has 17 heavy (non-hydrogen) atoms. The van der Waals surface area contributed by atoms with Gasteiger partial charge in [0.25, 0.3) is 5.56 Å². The predicted octanol–water partition coefficient (Wildman–Crippen LogP) is 0.634. The molecule has 96 valence electrons. The number of nitrogens with one attached hydrogen (secondary N) is 2. The van der Waals surface area contributed by atoms with Crippen molar-refractivity contribution in [2.45, 2.75) is 37.2 Å². The average Bonchev–Trinajstić information content (AvgIpc) is 2.71. The molecule has 0 saturated carbocycles. The number of H-pyrrole nitrogens is 2. The minimum atomic E-state index is -0.467. The van der Waals surface area contributed by atoms with E-state index < -0.39 is 5.69 Å². The van der Waals surface area contributed by atoms with Crippen molar-refractivity contribution < 1.29 is 5.11 Å². The molecule has 0 aromatic carbocycles. The fraction of sp³-hybridized carbons (Fsp3) is 0.636. The van der Waals surface area contributed by atoms with Crippen molar-refractivity contribution in [1.29, 1.82) is 0 Å². The molecule has 2 rings (SSSR count). The second kappa shape index (κ2) is 6.66. The third-order valence-corrected chi connectivity index (χ3v) is 4.00. The van der Waals surface area contributed by atoms with Crippen molar-refractivity contribution in [2.24, 2.45) is 0 Å². The second-order valence-electron chi connectivity index (χ2n) is 4.08. The van der Waals surface area contributed by atoms with Crippen LogP contribution >= 0.6 is 11.8 Å². The Morgan fingerprint density at radius 2 is 2.18 bits per heavy atom. The normalized spacial score (nSPS) is 23.0. The Kier molecular flexibility index (Phi) is 5.50. The fourth-order valence-electron chi connectivity index (χ4n) is 1.50. The number of aliphatic hydroxyl groups is 1. The molecule has 0 unspecified atom stereocenters. The molecule has 1 aromatic rings. The number of hydrogen-bond donors (Lipinski definition) is 3. The van der Waals surface area contributed by atoms with E-state index in [0.29, 0.717) is 17.4 Å². The molecule has 1 fully saturated rings. The first-order valence-electron chi connectivity index (χ1n) is 5.58. The molecule has 1 aliphatic rings. The van der Waals surface area contributed by atoms with Crippen LogP contribution in [0.4, 0.5) is 0 Å². The number of aryl methyl sites for hydroxylation is 1. The number of aliphatic hydroxyl groups excluding tert-OH is 1. The lowest BCUT2D eigenvalue weighted by Gasteiger charge is -2.01. The van der Waals surface area contributed by atoms with Crippen LogP contribution in [0.25, 0.3) is 0 Å². The smallest absolute Gasteiger partial charge is 0.325 e. The van der Waals surface area contributed by atoms with Gasteiger partial charge in [0.2, 0.25) is 0 Å². The molecule has 2 atom stereocenters. The Morgan fingerprint density at radius 3 is 2.53 bits per heavy atom. The number of hydrogen-bond acceptors (Lipinski definition) is 4. The molecule has 5 nitrogen and oxygen atoms in total. The van der Waals surface area contributed by atoms with Crippen LogP contribution in [0.2, 0.25) is 0 Å². The first-order chi connectivity index (χ1) is 8.02. The molecule has 6 heteroatoms.